The minimum atomic E-state index is -0.0962. The van der Waals surface area contributed by atoms with Crippen molar-refractivity contribution in [1.29, 1.82) is 0 Å². The third-order valence-electron chi connectivity index (χ3n) is 3.32. The zero-order valence-corrected chi connectivity index (χ0v) is 11.3. The van der Waals surface area contributed by atoms with E-state index < -0.39 is 0 Å². The predicted octanol–water partition coefficient (Wildman–Crippen LogP) is 1.47. The van der Waals surface area contributed by atoms with Crippen molar-refractivity contribution in [2.45, 2.75) is 18.9 Å². The lowest BCUT2D eigenvalue weighted by atomic mass is 10.1. The molecular formula is C13H17ClN4O. The fraction of sp³-hybridized carbons (Fsp3) is 0.385. The molecule has 0 bridgehead atoms. The Labute approximate surface area is 117 Å². The SMILES string of the molecule is Cl.O=C(N[C@@H]1CCCNC1)c1n[nH]c2ccccc12. The highest BCUT2D eigenvalue weighted by atomic mass is 35.5. The zero-order chi connectivity index (χ0) is 12.4. The lowest BCUT2D eigenvalue weighted by Gasteiger charge is -2.23. The second-order valence-electron chi connectivity index (χ2n) is 4.63. The Balaban J connectivity index is 0.00000133. The van der Waals surface area contributed by atoms with E-state index in [0.717, 1.165) is 36.8 Å². The highest BCUT2D eigenvalue weighted by molar-refractivity contribution is 6.04. The number of piperidine rings is 1. The molecule has 1 amide bonds. The summed E-state index contributed by atoms with van der Waals surface area (Å²) in [7, 11) is 0. The van der Waals surface area contributed by atoms with E-state index in [1.165, 1.54) is 0 Å². The second-order valence-corrected chi connectivity index (χ2v) is 4.63. The summed E-state index contributed by atoms with van der Waals surface area (Å²) < 4.78 is 0. The first kappa shape index (κ1) is 13.8. The number of carbonyl (C=O) groups excluding carboxylic acids is 1. The molecular weight excluding hydrogens is 264 g/mol. The summed E-state index contributed by atoms with van der Waals surface area (Å²) in [5.74, 6) is -0.0962. The first-order chi connectivity index (χ1) is 8.84. The fourth-order valence-electron chi connectivity index (χ4n) is 2.37. The maximum absolute atomic E-state index is 12.2. The van der Waals surface area contributed by atoms with Gasteiger partial charge in [0.2, 0.25) is 0 Å². The minimum Gasteiger partial charge on any atom is -0.347 e. The van der Waals surface area contributed by atoms with Crippen LogP contribution in [0.25, 0.3) is 10.9 Å². The Morgan fingerprint density at radius 1 is 1.37 bits per heavy atom. The summed E-state index contributed by atoms with van der Waals surface area (Å²) in [6, 6.07) is 7.87. The number of hydrogen-bond acceptors (Lipinski definition) is 3. The fourth-order valence-corrected chi connectivity index (χ4v) is 2.37. The molecule has 0 unspecified atom stereocenters. The van der Waals surface area contributed by atoms with Gasteiger partial charge < -0.3 is 10.6 Å². The van der Waals surface area contributed by atoms with E-state index in [2.05, 4.69) is 20.8 Å². The number of benzene rings is 1. The van der Waals surface area contributed by atoms with Gasteiger partial charge in [0.1, 0.15) is 0 Å². The van der Waals surface area contributed by atoms with Gasteiger partial charge in [0.15, 0.2) is 5.69 Å². The summed E-state index contributed by atoms with van der Waals surface area (Å²) in [5.41, 5.74) is 1.38. The number of rotatable bonds is 2. The average Bonchev–Trinajstić information content (AvgIpc) is 2.84. The molecule has 5 nitrogen and oxygen atoms in total. The normalized spacial score (nSPS) is 18.8. The molecule has 6 heteroatoms. The van der Waals surface area contributed by atoms with Crippen LogP contribution in [0, 0.1) is 0 Å². The van der Waals surface area contributed by atoms with Crippen LogP contribution in [0.2, 0.25) is 0 Å². The summed E-state index contributed by atoms with van der Waals surface area (Å²) in [6.45, 7) is 1.88. The molecule has 1 aliphatic rings. The highest BCUT2D eigenvalue weighted by Gasteiger charge is 2.19. The van der Waals surface area contributed by atoms with Crippen LogP contribution in [-0.2, 0) is 0 Å². The van der Waals surface area contributed by atoms with Gasteiger partial charge in [0.05, 0.1) is 5.52 Å². The molecule has 102 valence electrons. The number of nitrogens with zero attached hydrogens (tertiary/aromatic N) is 1. The molecule has 19 heavy (non-hydrogen) atoms. The van der Waals surface area contributed by atoms with Gasteiger partial charge >= 0.3 is 0 Å². The Bertz CT molecular complexity index is 563. The van der Waals surface area contributed by atoms with Gasteiger partial charge in [0, 0.05) is 18.0 Å². The summed E-state index contributed by atoms with van der Waals surface area (Å²) in [5, 5.41) is 14.2. The topological polar surface area (TPSA) is 69.8 Å². The minimum absolute atomic E-state index is 0. The summed E-state index contributed by atoms with van der Waals surface area (Å²) in [4.78, 5) is 12.2. The summed E-state index contributed by atoms with van der Waals surface area (Å²) >= 11 is 0. The van der Waals surface area contributed by atoms with Crippen molar-refractivity contribution in [3.63, 3.8) is 0 Å². The van der Waals surface area contributed by atoms with E-state index in [1.807, 2.05) is 24.3 Å². The monoisotopic (exact) mass is 280 g/mol. The Morgan fingerprint density at radius 2 is 2.21 bits per heavy atom. The third-order valence-corrected chi connectivity index (χ3v) is 3.32. The molecule has 1 atom stereocenters. The smallest absolute Gasteiger partial charge is 0.272 e. The number of aromatic nitrogens is 2. The molecule has 0 radical (unpaired) electrons. The number of halogens is 1. The lowest BCUT2D eigenvalue weighted by molar-refractivity contribution is 0.0927. The van der Waals surface area contributed by atoms with Crippen molar-refractivity contribution < 1.29 is 4.79 Å². The van der Waals surface area contributed by atoms with Gasteiger partial charge in [-0.15, -0.1) is 12.4 Å². The van der Waals surface area contributed by atoms with Crippen LogP contribution in [-0.4, -0.2) is 35.2 Å². The van der Waals surface area contributed by atoms with E-state index in [-0.39, 0.29) is 24.4 Å². The van der Waals surface area contributed by atoms with Gasteiger partial charge in [-0.3, -0.25) is 9.89 Å². The number of fused-ring (bicyclic) bond motifs is 1. The van der Waals surface area contributed by atoms with Crippen molar-refractivity contribution in [2.75, 3.05) is 13.1 Å². The Hall–Kier alpha value is -1.59. The third kappa shape index (κ3) is 2.88. The quantitative estimate of drug-likeness (QED) is 0.780. The first-order valence-corrected chi connectivity index (χ1v) is 6.29. The number of aromatic amines is 1. The van der Waals surface area contributed by atoms with Crippen molar-refractivity contribution in [3.8, 4) is 0 Å². The average molecular weight is 281 g/mol. The van der Waals surface area contributed by atoms with Crippen LogP contribution in [0.5, 0.6) is 0 Å². The maximum Gasteiger partial charge on any atom is 0.272 e. The number of H-pyrrole nitrogens is 1. The number of nitrogens with one attached hydrogen (secondary N) is 3. The molecule has 3 N–H and O–H groups in total. The van der Waals surface area contributed by atoms with Gasteiger partial charge in [-0.1, -0.05) is 18.2 Å². The van der Waals surface area contributed by atoms with Crippen LogP contribution in [0.15, 0.2) is 24.3 Å². The van der Waals surface area contributed by atoms with Crippen LogP contribution in [0.4, 0.5) is 0 Å². The molecule has 1 fully saturated rings. The van der Waals surface area contributed by atoms with Crippen molar-refractivity contribution in [1.82, 2.24) is 20.8 Å². The van der Waals surface area contributed by atoms with Crippen LogP contribution in [0.3, 0.4) is 0 Å². The molecule has 1 aromatic heterocycles. The molecule has 1 aliphatic heterocycles. The van der Waals surface area contributed by atoms with Gasteiger partial charge in [-0.05, 0) is 25.5 Å². The largest absolute Gasteiger partial charge is 0.347 e. The van der Waals surface area contributed by atoms with Crippen molar-refractivity contribution >= 4 is 29.2 Å². The second kappa shape index (κ2) is 6.04. The van der Waals surface area contributed by atoms with E-state index >= 15 is 0 Å². The molecule has 2 heterocycles. The zero-order valence-electron chi connectivity index (χ0n) is 10.5. The number of carbonyl (C=O) groups is 1. The van der Waals surface area contributed by atoms with E-state index in [1.54, 1.807) is 0 Å². The van der Waals surface area contributed by atoms with Gasteiger partial charge in [0.25, 0.3) is 5.91 Å². The number of para-hydroxylation sites is 1. The lowest BCUT2D eigenvalue weighted by Crippen LogP contribution is -2.45. The first-order valence-electron chi connectivity index (χ1n) is 6.29. The van der Waals surface area contributed by atoms with Crippen LogP contribution >= 0.6 is 12.4 Å². The molecule has 0 spiro atoms. The molecule has 1 saturated heterocycles. The van der Waals surface area contributed by atoms with E-state index in [4.69, 9.17) is 0 Å². The molecule has 3 rings (SSSR count). The van der Waals surface area contributed by atoms with Gasteiger partial charge in [-0.2, -0.15) is 5.10 Å². The highest BCUT2D eigenvalue weighted by Crippen LogP contribution is 2.15. The van der Waals surface area contributed by atoms with Crippen LogP contribution in [0.1, 0.15) is 23.3 Å². The Kier molecular flexibility index (Phi) is 4.39. The maximum atomic E-state index is 12.2. The molecule has 1 aromatic carbocycles. The van der Waals surface area contributed by atoms with Crippen molar-refractivity contribution in [2.24, 2.45) is 0 Å². The number of amides is 1. The van der Waals surface area contributed by atoms with Gasteiger partial charge in [-0.25, -0.2) is 0 Å². The van der Waals surface area contributed by atoms with Crippen LogP contribution < -0.4 is 10.6 Å². The number of hydrogen-bond donors (Lipinski definition) is 3. The predicted molar refractivity (Wildman–Crippen MR) is 76.7 cm³/mol. The van der Waals surface area contributed by atoms with E-state index in [0.29, 0.717) is 5.69 Å². The Morgan fingerprint density at radius 3 is 3.00 bits per heavy atom. The summed E-state index contributed by atoms with van der Waals surface area (Å²) in [6.07, 6.45) is 2.13. The van der Waals surface area contributed by atoms with Crippen molar-refractivity contribution in [3.05, 3.63) is 30.0 Å². The molecule has 0 aliphatic carbocycles. The van der Waals surface area contributed by atoms with E-state index in [9.17, 15) is 4.79 Å². The standard InChI is InChI=1S/C13H16N4O.ClH/c18-13(15-9-4-3-7-14-8-9)12-10-5-1-2-6-11(10)16-17-12;/h1-2,5-6,9,14H,3-4,7-8H2,(H,15,18)(H,16,17);1H/t9-;/m1./s1. The molecule has 0 saturated carbocycles. The molecule has 2 aromatic rings.